The predicted octanol–water partition coefficient (Wildman–Crippen LogP) is 2.52. The molecular weight excluding hydrogens is 437 g/mol. The third-order valence-electron chi connectivity index (χ3n) is 4.48. The van der Waals surface area contributed by atoms with Crippen molar-refractivity contribution in [3.8, 4) is 17.2 Å². The fourth-order valence-electron chi connectivity index (χ4n) is 2.70. The highest BCUT2D eigenvalue weighted by Crippen LogP contribution is 2.27. The van der Waals surface area contributed by atoms with Crippen molar-refractivity contribution in [2.45, 2.75) is 30.5 Å². The monoisotopic (exact) mass is 461 g/mol. The fourth-order valence-corrected chi connectivity index (χ4v) is 3.51. The standard InChI is InChI=1S/C21H24FN5O4S/c1-13(20(28)24-11-14-4-9-17(29-2)18(10-14)30-3)32-21-26-25-19(27(21)23)12-31-16-7-5-15(22)6-8-16/h4-10,13H,11-12,23H2,1-3H3,(H,24,28). The van der Waals surface area contributed by atoms with Gasteiger partial charge in [-0.15, -0.1) is 10.2 Å². The summed E-state index contributed by atoms with van der Waals surface area (Å²) in [4.78, 5) is 12.5. The predicted molar refractivity (Wildman–Crippen MR) is 118 cm³/mol. The summed E-state index contributed by atoms with van der Waals surface area (Å²) in [5, 5.41) is 10.8. The van der Waals surface area contributed by atoms with Crippen molar-refractivity contribution >= 4 is 17.7 Å². The Labute approximate surface area is 189 Å². The molecule has 170 valence electrons. The van der Waals surface area contributed by atoms with Crippen molar-refractivity contribution in [1.29, 1.82) is 0 Å². The van der Waals surface area contributed by atoms with Crippen LogP contribution < -0.4 is 25.4 Å². The molecule has 1 aromatic heterocycles. The van der Waals surface area contributed by atoms with E-state index in [4.69, 9.17) is 20.1 Å². The van der Waals surface area contributed by atoms with Crippen molar-refractivity contribution < 1.29 is 23.4 Å². The Hall–Kier alpha value is -3.47. The van der Waals surface area contributed by atoms with Crippen molar-refractivity contribution in [2.75, 3.05) is 20.1 Å². The molecule has 32 heavy (non-hydrogen) atoms. The normalized spacial score (nSPS) is 11.6. The average Bonchev–Trinajstić information content (AvgIpc) is 3.15. The lowest BCUT2D eigenvalue weighted by Crippen LogP contribution is -2.31. The highest BCUT2D eigenvalue weighted by atomic mass is 32.2. The fraction of sp³-hybridized carbons (Fsp3) is 0.286. The summed E-state index contributed by atoms with van der Waals surface area (Å²) in [5.74, 6) is 7.56. The highest BCUT2D eigenvalue weighted by Gasteiger charge is 2.19. The lowest BCUT2D eigenvalue weighted by Gasteiger charge is -2.13. The van der Waals surface area contributed by atoms with Gasteiger partial charge in [-0.05, 0) is 48.9 Å². The first kappa shape index (κ1) is 23.2. The van der Waals surface area contributed by atoms with Gasteiger partial charge in [0, 0.05) is 6.54 Å². The van der Waals surface area contributed by atoms with Crippen LogP contribution in [0.2, 0.25) is 0 Å². The number of nitrogens with zero attached hydrogens (tertiary/aromatic N) is 3. The number of ether oxygens (including phenoxy) is 3. The number of hydrogen-bond acceptors (Lipinski definition) is 8. The van der Waals surface area contributed by atoms with Crippen LogP contribution in [0.1, 0.15) is 18.3 Å². The number of aromatic nitrogens is 3. The van der Waals surface area contributed by atoms with Gasteiger partial charge >= 0.3 is 0 Å². The zero-order chi connectivity index (χ0) is 23.1. The molecule has 9 nitrogen and oxygen atoms in total. The lowest BCUT2D eigenvalue weighted by atomic mass is 10.2. The Morgan fingerprint density at radius 2 is 1.88 bits per heavy atom. The third-order valence-corrected chi connectivity index (χ3v) is 5.54. The van der Waals surface area contributed by atoms with Gasteiger partial charge in [-0.25, -0.2) is 9.07 Å². The summed E-state index contributed by atoms with van der Waals surface area (Å²) in [6.45, 7) is 2.13. The van der Waals surface area contributed by atoms with Gasteiger partial charge in [0.05, 0.1) is 19.5 Å². The van der Waals surface area contributed by atoms with Gasteiger partial charge in [0.1, 0.15) is 18.2 Å². The number of nitrogens with two attached hydrogens (primary N) is 1. The van der Waals surface area contributed by atoms with Crippen LogP contribution in [0.3, 0.4) is 0 Å². The number of halogens is 1. The van der Waals surface area contributed by atoms with E-state index in [-0.39, 0.29) is 18.3 Å². The molecule has 3 N–H and O–H groups in total. The van der Waals surface area contributed by atoms with Crippen LogP contribution in [0.5, 0.6) is 17.2 Å². The molecule has 3 aromatic rings. The molecule has 1 amide bonds. The quantitative estimate of drug-likeness (QED) is 0.350. The number of rotatable bonds is 10. The highest BCUT2D eigenvalue weighted by molar-refractivity contribution is 8.00. The maximum absolute atomic E-state index is 13.0. The first-order chi connectivity index (χ1) is 15.4. The van der Waals surface area contributed by atoms with Crippen molar-refractivity contribution in [3.63, 3.8) is 0 Å². The van der Waals surface area contributed by atoms with E-state index in [1.165, 1.54) is 40.7 Å². The van der Waals surface area contributed by atoms with Crippen molar-refractivity contribution in [3.05, 3.63) is 59.7 Å². The van der Waals surface area contributed by atoms with E-state index in [0.29, 0.717) is 34.8 Å². The summed E-state index contributed by atoms with van der Waals surface area (Å²) < 4.78 is 30.3. The largest absolute Gasteiger partial charge is 0.493 e. The minimum Gasteiger partial charge on any atom is -0.493 e. The van der Waals surface area contributed by atoms with E-state index in [2.05, 4.69) is 15.5 Å². The summed E-state index contributed by atoms with van der Waals surface area (Å²) in [5.41, 5.74) is 0.871. The molecule has 0 saturated carbocycles. The van der Waals surface area contributed by atoms with Crippen LogP contribution in [0.15, 0.2) is 47.6 Å². The SMILES string of the molecule is COc1ccc(CNC(=O)C(C)Sc2nnc(COc3ccc(F)cc3)n2N)cc1OC. The summed E-state index contributed by atoms with van der Waals surface area (Å²) in [6.07, 6.45) is 0. The molecule has 1 atom stereocenters. The molecule has 0 spiro atoms. The molecule has 2 aromatic carbocycles. The number of benzene rings is 2. The van der Waals surface area contributed by atoms with E-state index in [1.54, 1.807) is 33.3 Å². The number of carbonyl (C=O) groups excluding carboxylic acids is 1. The van der Waals surface area contributed by atoms with Gasteiger partial charge in [-0.2, -0.15) is 0 Å². The first-order valence-corrected chi connectivity index (χ1v) is 10.5. The van der Waals surface area contributed by atoms with E-state index in [9.17, 15) is 9.18 Å². The Bertz CT molecular complexity index is 1060. The first-order valence-electron chi connectivity index (χ1n) is 9.64. The Morgan fingerprint density at radius 3 is 2.56 bits per heavy atom. The molecule has 3 rings (SSSR count). The smallest absolute Gasteiger partial charge is 0.233 e. The molecule has 1 heterocycles. The second kappa shape index (κ2) is 10.7. The second-order valence-corrected chi connectivity index (χ2v) is 7.99. The maximum Gasteiger partial charge on any atom is 0.233 e. The summed E-state index contributed by atoms with van der Waals surface area (Å²) in [6, 6.07) is 11.0. The molecule has 1 unspecified atom stereocenters. The second-order valence-electron chi connectivity index (χ2n) is 6.68. The molecule has 0 saturated heterocycles. The maximum atomic E-state index is 13.0. The number of nitrogens with one attached hydrogen (secondary N) is 1. The van der Waals surface area contributed by atoms with Crippen molar-refractivity contribution in [2.24, 2.45) is 0 Å². The van der Waals surface area contributed by atoms with Crippen LogP contribution in [0.25, 0.3) is 0 Å². The van der Waals surface area contributed by atoms with E-state index in [1.807, 2.05) is 6.07 Å². The van der Waals surface area contributed by atoms with E-state index < -0.39 is 5.25 Å². The molecule has 0 radical (unpaired) electrons. The molecule has 0 fully saturated rings. The van der Waals surface area contributed by atoms with Crippen LogP contribution in [-0.2, 0) is 17.9 Å². The summed E-state index contributed by atoms with van der Waals surface area (Å²) in [7, 11) is 3.12. The Morgan fingerprint density at radius 1 is 1.16 bits per heavy atom. The van der Waals surface area contributed by atoms with Gasteiger partial charge in [-0.1, -0.05) is 17.8 Å². The number of methoxy groups -OCH3 is 2. The number of hydrogen-bond donors (Lipinski definition) is 2. The third kappa shape index (κ3) is 5.82. The Kier molecular flexibility index (Phi) is 7.77. The van der Waals surface area contributed by atoms with Gasteiger partial charge in [0.15, 0.2) is 17.3 Å². The van der Waals surface area contributed by atoms with Crippen molar-refractivity contribution in [1.82, 2.24) is 20.2 Å². The zero-order valence-corrected chi connectivity index (χ0v) is 18.7. The van der Waals surface area contributed by atoms with Gasteiger partial charge < -0.3 is 25.4 Å². The lowest BCUT2D eigenvalue weighted by molar-refractivity contribution is -0.120. The molecule has 0 aliphatic carbocycles. The number of nitrogen functional groups attached to an aromatic ring is 1. The minimum atomic E-state index is -0.465. The number of carbonyl (C=O) groups is 1. The minimum absolute atomic E-state index is 0.0512. The topological polar surface area (TPSA) is 114 Å². The molecular formula is C21H24FN5O4S. The molecule has 0 aliphatic heterocycles. The van der Waals surface area contributed by atoms with Crippen LogP contribution >= 0.6 is 11.8 Å². The zero-order valence-electron chi connectivity index (χ0n) is 17.9. The van der Waals surface area contributed by atoms with Gasteiger partial charge in [0.25, 0.3) is 0 Å². The van der Waals surface area contributed by atoms with Crippen LogP contribution in [0, 0.1) is 5.82 Å². The average molecular weight is 462 g/mol. The van der Waals surface area contributed by atoms with Crippen LogP contribution in [0.4, 0.5) is 4.39 Å². The Balaban J connectivity index is 1.53. The van der Waals surface area contributed by atoms with E-state index >= 15 is 0 Å². The molecule has 0 bridgehead atoms. The van der Waals surface area contributed by atoms with E-state index in [0.717, 1.165) is 5.56 Å². The number of amides is 1. The molecule has 11 heteroatoms. The van der Waals surface area contributed by atoms with Crippen LogP contribution in [-0.4, -0.2) is 40.3 Å². The number of thioether (sulfide) groups is 1. The summed E-state index contributed by atoms with van der Waals surface area (Å²) >= 11 is 1.17. The van der Waals surface area contributed by atoms with Gasteiger partial charge in [-0.3, -0.25) is 4.79 Å². The molecule has 0 aliphatic rings. The van der Waals surface area contributed by atoms with Gasteiger partial charge in [0.2, 0.25) is 11.1 Å².